The van der Waals surface area contributed by atoms with Gasteiger partial charge < -0.3 is 9.80 Å². The van der Waals surface area contributed by atoms with Crippen LogP contribution in [-0.4, -0.2) is 43.4 Å². The number of likely N-dealkylation sites (tertiary alicyclic amines) is 1. The lowest BCUT2D eigenvalue weighted by Gasteiger charge is -2.29. The maximum Gasteiger partial charge on any atom is 0.164 e. The van der Waals surface area contributed by atoms with Crippen LogP contribution in [0, 0.1) is 5.92 Å². The Morgan fingerprint density at radius 2 is 1.73 bits per heavy atom. The van der Waals surface area contributed by atoms with E-state index in [-0.39, 0.29) is 5.78 Å². The second-order valence-electron chi connectivity index (χ2n) is 6.42. The number of anilines is 1. The van der Waals surface area contributed by atoms with E-state index in [4.69, 9.17) is 0 Å². The van der Waals surface area contributed by atoms with Gasteiger partial charge >= 0.3 is 0 Å². The highest BCUT2D eigenvalue weighted by Crippen LogP contribution is 2.18. The van der Waals surface area contributed by atoms with Crippen molar-refractivity contribution in [2.24, 2.45) is 5.92 Å². The summed E-state index contributed by atoms with van der Waals surface area (Å²) < 4.78 is 0. The lowest BCUT2D eigenvalue weighted by atomic mass is 9.99. The van der Waals surface area contributed by atoms with Crippen LogP contribution >= 0.6 is 0 Å². The van der Waals surface area contributed by atoms with Crippen LogP contribution in [0.4, 0.5) is 5.69 Å². The predicted molar refractivity (Wildman–Crippen MR) is 93.8 cm³/mol. The lowest BCUT2D eigenvalue weighted by molar-refractivity contribution is 0.0953. The Hall–Kier alpha value is -1.35. The van der Waals surface area contributed by atoms with Crippen molar-refractivity contribution >= 4 is 11.5 Å². The molecule has 0 radical (unpaired) electrons. The molecular weight excluding hydrogens is 272 g/mol. The fourth-order valence-electron chi connectivity index (χ4n) is 3.14. The highest BCUT2D eigenvalue weighted by atomic mass is 16.1. The standard InChI is InChI=1S/C19H30N2O/c1-4-21(5-2)18-8-6-17(7-9-18)19(22)12-15-20-13-10-16(3)11-14-20/h6-9,16H,4-5,10-15H2,1-3H3. The number of carbonyl (C=O) groups is 1. The van der Waals surface area contributed by atoms with Gasteiger partial charge in [-0.05, 0) is 70.0 Å². The molecule has 3 heteroatoms. The molecule has 0 unspecified atom stereocenters. The van der Waals surface area contributed by atoms with Gasteiger partial charge in [-0.15, -0.1) is 0 Å². The second-order valence-corrected chi connectivity index (χ2v) is 6.42. The molecule has 0 atom stereocenters. The van der Waals surface area contributed by atoms with Gasteiger partial charge in [-0.25, -0.2) is 0 Å². The first-order valence-corrected chi connectivity index (χ1v) is 8.74. The van der Waals surface area contributed by atoms with Crippen LogP contribution in [0.5, 0.6) is 0 Å². The molecule has 0 amide bonds. The molecule has 1 aliphatic rings. The van der Waals surface area contributed by atoms with Crippen LogP contribution in [0.3, 0.4) is 0 Å². The zero-order valence-electron chi connectivity index (χ0n) is 14.3. The molecular formula is C19H30N2O. The highest BCUT2D eigenvalue weighted by Gasteiger charge is 2.16. The minimum atomic E-state index is 0.268. The highest BCUT2D eigenvalue weighted by molar-refractivity contribution is 5.96. The molecule has 0 bridgehead atoms. The van der Waals surface area contributed by atoms with Crippen molar-refractivity contribution in [3.63, 3.8) is 0 Å². The Balaban J connectivity index is 1.84. The number of rotatable bonds is 7. The maximum atomic E-state index is 12.3. The molecule has 1 aromatic rings. The van der Waals surface area contributed by atoms with Crippen LogP contribution in [0.25, 0.3) is 0 Å². The normalized spacial score (nSPS) is 16.7. The van der Waals surface area contributed by atoms with Crippen molar-refractivity contribution in [1.82, 2.24) is 4.90 Å². The molecule has 0 saturated carbocycles. The average Bonchev–Trinajstić information content (AvgIpc) is 2.56. The summed E-state index contributed by atoms with van der Waals surface area (Å²) in [7, 11) is 0. The van der Waals surface area contributed by atoms with E-state index >= 15 is 0 Å². The Labute approximate surface area is 135 Å². The fraction of sp³-hybridized carbons (Fsp3) is 0.632. The van der Waals surface area contributed by atoms with E-state index in [1.807, 2.05) is 12.1 Å². The first kappa shape index (κ1) is 17.0. The molecule has 0 N–H and O–H groups in total. The first-order chi connectivity index (χ1) is 10.6. The molecule has 1 saturated heterocycles. The van der Waals surface area contributed by atoms with Gasteiger partial charge in [0.2, 0.25) is 0 Å². The molecule has 0 aliphatic carbocycles. The third-order valence-corrected chi connectivity index (χ3v) is 4.85. The maximum absolute atomic E-state index is 12.3. The van der Waals surface area contributed by atoms with E-state index < -0.39 is 0 Å². The number of benzene rings is 1. The van der Waals surface area contributed by atoms with Crippen LogP contribution in [-0.2, 0) is 0 Å². The molecule has 0 spiro atoms. The number of hydrogen-bond acceptors (Lipinski definition) is 3. The van der Waals surface area contributed by atoms with Crippen molar-refractivity contribution in [3.8, 4) is 0 Å². The molecule has 22 heavy (non-hydrogen) atoms. The summed E-state index contributed by atoms with van der Waals surface area (Å²) in [6.45, 7) is 11.8. The minimum Gasteiger partial charge on any atom is -0.372 e. The van der Waals surface area contributed by atoms with E-state index in [2.05, 4.69) is 42.7 Å². The van der Waals surface area contributed by atoms with Crippen LogP contribution < -0.4 is 4.90 Å². The Bertz CT molecular complexity index is 457. The third kappa shape index (κ3) is 4.57. The van der Waals surface area contributed by atoms with Crippen molar-refractivity contribution < 1.29 is 4.79 Å². The van der Waals surface area contributed by atoms with Gasteiger partial charge in [-0.1, -0.05) is 6.92 Å². The molecule has 1 aliphatic heterocycles. The summed E-state index contributed by atoms with van der Waals surface area (Å²) in [6, 6.07) is 8.11. The fourth-order valence-corrected chi connectivity index (χ4v) is 3.14. The van der Waals surface area contributed by atoms with E-state index in [9.17, 15) is 4.79 Å². The first-order valence-electron chi connectivity index (χ1n) is 8.74. The van der Waals surface area contributed by atoms with E-state index in [0.717, 1.165) is 44.2 Å². The van der Waals surface area contributed by atoms with Crippen molar-refractivity contribution in [1.29, 1.82) is 0 Å². The van der Waals surface area contributed by atoms with Gasteiger partial charge in [0, 0.05) is 37.3 Å². The van der Waals surface area contributed by atoms with E-state index in [1.165, 1.54) is 18.5 Å². The number of ketones is 1. The number of hydrogen-bond donors (Lipinski definition) is 0. The SMILES string of the molecule is CCN(CC)c1ccc(C(=O)CCN2CCC(C)CC2)cc1. The monoisotopic (exact) mass is 302 g/mol. The summed E-state index contributed by atoms with van der Waals surface area (Å²) in [6.07, 6.45) is 3.18. The van der Waals surface area contributed by atoms with Gasteiger partial charge in [0.15, 0.2) is 5.78 Å². The summed E-state index contributed by atoms with van der Waals surface area (Å²) in [5.74, 6) is 1.12. The van der Waals surface area contributed by atoms with Gasteiger partial charge in [0.1, 0.15) is 0 Å². The van der Waals surface area contributed by atoms with Gasteiger partial charge in [-0.2, -0.15) is 0 Å². The van der Waals surface area contributed by atoms with Crippen LogP contribution in [0.15, 0.2) is 24.3 Å². The zero-order chi connectivity index (χ0) is 15.9. The topological polar surface area (TPSA) is 23.6 Å². The summed E-state index contributed by atoms with van der Waals surface area (Å²) in [5, 5.41) is 0. The molecule has 1 heterocycles. The molecule has 0 aromatic heterocycles. The second kappa shape index (κ2) is 8.33. The van der Waals surface area contributed by atoms with Gasteiger partial charge in [-0.3, -0.25) is 4.79 Å². The molecule has 2 rings (SSSR count). The predicted octanol–water partition coefficient (Wildman–Crippen LogP) is 3.84. The minimum absolute atomic E-state index is 0.268. The summed E-state index contributed by atoms with van der Waals surface area (Å²) in [5.41, 5.74) is 2.05. The zero-order valence-corrected chi connectivity index (χ0v) is 14.3. The summed E-state index contributed by atoms with van der Waals surface area (Å²) in [4.78, 5) is 17.1. The largest absolute Gasteiger partial charge is 0.372 e. The quantitative estimate of drug-likeness (QED) is 0.715. The van der Waals surface area contributed by atoms with Gasteiger partial charge in [0.05, 0.1) is 0 Å². The average molecular weight is 302 g/mol. The smallest absolute Gasteiger partial charge is 0.164 e. The number of nitrogens with zero attached hydrogens (tertiary/aromatic N) is 2. The number of Topliss-reactive ketones (excluding diaryl/α,β-unsaturated/α-hetero) is 1. The molecule has 3 nitrogen and oxygen atoms in total. The van der Waals surface area contributed by atoms with E-state index in [1.54, 1.807) is 0 Å². The Morgan fingerprint density at radius 1 is 1.14 bits per heavy atom. The number of piperidine rings is 1. The van der Waals surface area contributed by atoms with Crippen molar-refractivity contribution in [2.45, 2.75) is 40.0 Å². The lowest BCUT2D eigenvalue weighted by Crippen LogP contribution is -2.34. The Kier molecular flexibility index (Phi) is 6.44. The summed E-state index contributed by atoms with van der Waals surface area (Å²) >= 11 is 0. The van der Waals surface area contributed by atoms with Crippen LogP contribution in [0.1, 0.15) is 50.4 Å². The Morgan fingerprint density at radius 3 is 2.27 bits per heavy atom. The van der Waals surface area contributed by atoms with E-state index in [0.29, 0.717) is 6.42 Å². The molecule has 122 valence electrons. The van der Waals surface area contributed by atoms with Crippen molar-refractivity contribution in [3.05, 3.63) is 29.8 Å². The molecule has 1 fully saturated rings. The molecule has 1 aromatic carbocycles. The number of carbonyl (C=O) groups excluding carboxylic acids is 1. The third-order valence-electron chi connectivity index (χ3n) is 4.85. The van der Waals surface area contributed by atoms with Crippen LogP contribution in [0.2, 0.25) is 0 Å². The van der Waals surface area contributed by atoms with Gasteiger partial charge in [0.25, 0.3) is 0 Å². The van der Waals surface area contributed by atoms with Crippen molar-refractivity contribution in [2.75, 3.05) is 37.6 Å².